The third kappa shape index (κ3) is 3.56. The number of amides is 1. The van der Waals surface area contributed by atoms with Gasteiger partial charge in [-0.3, -0.25) is 14.5 Å². The lowest BCUT2D eigenvalue weighted by Gasteiger charge is -2.39. The Bertz CT molecular complexity index is 650. The second kappa shape index (κ2) is 7.16. The fourth-order valence-electron chi connectivity index (χ4n) is 4.44. The maximum absolute atomic E-state index is 12.8. The van der Waals surface area contributed by atoms with Crippen LogP contribution < -0.4 is 0 Å². The highest BCUT2D eigenvalue weighted by atomic mass is 16.4. The molecular weight excluding hydrogens is 316 g/mol. The normalized spacial score (nSPS) is 23.1. The lowest BCUT2D eigenvalue weighted by molar-refractivity contribution is -0.142. The van der Waals surface area contributed by atoms with Crippen LogP contribution in [0.2, 0.25) is 0 Å². The van der Waals surface area contributed by atoms with Crippen LogP contribution in [0.15, 0.2) is 24.3 Å². The van der Waals surface area contributed by atoms with E-state index >= 15 is 0 Å². The van der Waals surface area contributed by atoms with Gasteiger partial charge in [-0.2, -0.15) is 0 Å². The molecular formula is C20H28N2O3. The van der Waals surface area contributed by atoms with Crippen molar-refractivity contribution in [1.82, 2.24) is 9.80 Å². The first-order valence-corrected chi connectivity index (χ1v) is 9.27. The van der Waals surface area contributed by atoms with Gasteiger partial charge in [0.05, 0.1) is 0 Å². The van der Waals surface area contributed by atoms with Crippen molar-refractivity contribution in [3.8, 4) is 0 Å². The predicted molar refractivity (Wildman–Crippen MR) is 96.7 cm³/mol. The molecule has 0 aromatic heterocycles. The zero-order valence-electron chi connectivity index (χ0n) is 15.2. The summed E-state index contributed by atoms with van der Waals surface area (Å²) in [6.07, 6.45) is 3.48. The van der Waals surface area contributed by atoms with E-state index in [1.165, 1.54) is 0 Å². The van der Waals surface area contributed by atoms with Crippen LogP contribution in [-0.4, -0.2) is 59.0 Å². The summed E-state index contributed by atoms with van der Waals surface area (Å²) in [6.45, 7) is 7.19. The lowest BCUT2D eigenvalue weighted by Crippen LogP contribution is -2.44. The average Bonchev–Trinajstić information content (AvgIpc) is 2.94. The van der Waals surface area contributed by atoms with Crippen molar-refractivity contribution in [1.29, 1.82) is 0 Å². The van der Waals surface area contributed by atoms with Crippen LogP contribution in [0.25, 0.3) is 0 Å². The number of aliphatic carboxylic acids is 1. The maximum atomic E-state index is 12.8. The Morgan fingerprint density at radius 1 is 1.24 bits per heavy atom. The first-order chi connectivity index (χ1) is 12.0. The summed E-state index contributed by atoms with van der Waals surface area (Å²) in [6, 6.07) is 7.35. The van der Waals surface area contributed by atoms with Crippen molar-refractivity contribution in [2.24, 2.45) is 5.41 Å². The molecule has 2 heterocycles. The number of carboxylic acid groups (broad SMARTS) is 1. The fourth-order valence-corrected chi connectivity index (χ4v) is 4.44. The first kappa shape index (κ1) is 17.9. The Balaban J connectivity index is 1.66. The molecule has 5 heteroatoms. The summed E-state index contributed by atoms with van der Waals surface area (Å²) in [5.74, 6) is -0.602. The molecule has 0 radical (unpaired) electrons. The van der Waals surface area contributed by atoms with E-state index in [9.17, 15) is 14.7 Å². The molecule has 1 N–H and O–H groups in total. The molecule has 0 bridgehead atoms. The molecule has 3 rings (SSSR count). The Kier molecular flexibility index (Phi) is 5.13. The minimum absolute atomic E-state index is 0.0563. The van der Waals surface area contributed by atoms with Crippen molar-refractivity contribution in [2.75, 3.05) is 26.2 Å². The second-order valence-corrected chi connectivity index (χ2v) is 7.64. The van der Waals surface area contributed by atoms with Crippen LogP contribution in [0.1, 0.15) is 48.5 Å². The van der Waals surface area contributed by atoms with E-state index < -0.39 is 5.97 Å². The second-order valence-electron chi connectivity index (χ2n) is 7.64. The number of piperidine rings is 1. The van der Waals surface area contributed by atoms with Gasteiger partial charge in [-0.15, -0.1) is 0 Å². The van der Waals surface area contributed by atoms with Gasteiger partial charge < -0.3 is 10.0 Å². The third-order valence-electron chi connectivity index (χ3n) is 5.89. The van der Waals surface area contributed by atoms with Crippen molar-refractivity contribution in [3.63, 3.8) is 0 Å². The van der Waals surface area contributed by atoms with Crippen LogP contribution in [0.5, 0.6) is 0 Å². The summed E-state index contributed by atoms with van der Waals surface area (Å²) in [4.78, 5) is 28.4. The van der Waals surface area contributed by atoms with Crippen LogP contribution in [0.3, 0.4) is 0 Å². The zero-order valence-corrected chi connectivity index (χ0v) is 15.2. The number of benzene rings is 1. The van der Waals surface area contributed by atoms with Crippen LogP contribution in [0, 0.1) is 12.3 Å². The number of carbonyl (C=O) groups is 2. The summed E-state index contributed by atoms with van der Waals surface area (Å²) >= 11 is 0. The Labute approximate surface area is 149 Å². The monoisotopic (exact) mass is 344 g/mol. The summed E-state index contributed by atoms with van der Waals surface area (Å²) in [7, 11) is 0. The minimum atomic E-state index is -0.705. The van der Waals surface area contributed by atoms with E-state index in [-0.39, 0.29) is 17.4 Å². The maximum Gasteiger partial charge on any atom is 0.320 e. The smallest absolute Gasteiger partial charge is 0.320 e. The van der Waals surface area contributed by atoms with E-state index in [1.54, 1.807) is 0 Å². The molecule has 1 unspecified atom stereocenters. The van der Waals surface area contributed by atoms with Crippen LogP contribution >= 0.6 is 0 Å². The first-order valence-electron chi connectivity index (χ1n) is 9.27. The van der Waals surface area contributed by atoms with Gasteiger partial charge >= 0.3 is 5.97 Å². The molecule has 2 fully saturated rings. The number of hydrogen-bond acceptors (Lipinski definition) is 3. The van der Waals surface area contributed by atoms with E-state index in [2.05, 4.69) is 11.8 Å². The Hall–Kier alpha value is -1.88. The number of aryl methyl sites for hydroxylation is 1. The van der Waals surface area contributed by atoms with Crippen molar-refractivity contribution in [3.05, 3.63) is 35.4 Å². The van der Waals surface area contributed by atoms with E-state index in [0.29, 0.717) is 6.42 Å². The highest BCUT2D eigenvalue weighted by Gasteiger charge is 2.48. The van der Waals surface area contributed by atoms with Gasteiger partial charge in [0, 0.05) is 25.2 Å². The van der Waals surface area contributed by atoms with Gasteiger partial charge in [-0.1, -0.05) is 25.1 Å². The summed E-state index contributed by atoms with van der Waals surface area (Å²) < 4.78 is 0. The highest BCUT2D eigenvalue weighted by Crippen LogP contribution is 2.43. The lowest BCUT2D eigenvalue weighted by atomic mass is 9.76. The molecule has 0 saturated carbocycles. The molecule has 2 aliphatic heterocycles. The van der Waals surface area contributed by atoms with Crippen molar-refractivity contribution < 1.29 is 14.7 Å². The molecule has 1 aromatic rings. The quantitative estimate of drug-likeness (QED) is 0.912. The molecule has 25 heavy (non-hydrogen) atoms. The van der Waals surface area contributed by atoms with Gasteiger partial charge in [0.1, 0.15) is 6.04 Å². The van der Waals surface area contributed by atoms with Crippen molar-refractivity contribution in [2.45, 2.75) is 45.6 Å². The van der Waals surface area contributed by atoms with Crippen molar-refractivity contribution >= 4 is 11.9 Å². The van der Waals surface area contributed by atoms with E-state index in [4.69, 9.17) is 0 Å². The Morgan fingerprint density at radius 3 is 2.52 bits per heavy atom. The number of nitrogens with zero attached hydrogens (tertiary/aromatic N) is 2. The average molecular weight is 344 g/mol. The number of likely N-dealkylation sites (tertiary alicyclic amines) is 2. The summed E-state index contributed by atoms with van der Waals surface area (Å²) in [5, 5.41) is 9.54. The number of carbonyl (C=O) groups excluding carboxylic acids is 1. The Morgan fingerprint density at radius 2 is 1.92 bits per heavy atom. The van der Waals surface area contributed by atoms with Gasteiger partial charge in [0.2, 0.25) is 0 Å². The molecule has 5 nitrogen and oxygen atoms in total. The third-order valence-corrected chi connectivity index (χ3v) is 5.89. The predicted octanol–water partition coefficient (Wildman–Crippen LogP) is 2.79. The number of hydrogen-bond donors (Lipinski definition) is 1. The van der Waals surface area contributed by atoms with Gasteiger partial charge in [0.15, 0.2) is 0 Å². The van der Waals surface area contributed by atoms with Gasteiger partial charge in [0.25, 0.3) is 5.91 Å². The van der Waals surface area contributed by atoms with E-state index in [1.807, 2.05) is 36.1 Å². The topological polar surface area (TPSA) is 60.9 Å². The molecule has 2 aliphatic rings. The molecule has 1 atom stereocenters. The molecule has 1 aromatic carbocycles. The minimum Gasteiger partial charge on any atom is -0.480 e. The van der Waals surface area contributed by atoms with Gasteiger partial charge in [-0.05, 0) is 56.2 Å². The highest BCUT2D eigenvalue weighted by molar-refractivity contribution is 5.95. The number of rotatable bonds is 4. The standard InChI is InChI=1S/C20H28N2O3/c1-3-10-22-14-20(13-17(22)19(24)25)8-11-21(12-9-20)18(23)16-7-5-4-6-15(16)2/h4-7,17H,3,8-14H2,1-2H3,(H,24,25). The number of carboxylic acids is 1. The summed E-state index contributed by atoms with van der Waals surface area (Å²) in [5.41, 5.74) is 1.84. The van der Waals surface area contributed by atoms with Crippen LogP contribution in [0.4, 0.5) is 0 Å². The molecule has 1 spiro atoms. The van der Waals surface area contributed by atoms with Gasteiger partial charge in [-0.25, -0.2) is 0 Å². The largest absolute Gasteiger partial charge is 0.480 e. The van der Waals surface area contributed by atoms with Crippen LogP contribution in [-0.2, 0) is 4.79 Å². The zero-order chi connectivity index (χ0) is 18.0. The van der Waals surface area contributed by atoms with E-state index in [0.717, 1.165) is 56.6 Å². The SMILES string of the molecule is CCCN1CC2(CCN(C(=O)c3ccccc3C)CC2)CC1C(=O)O. The molecule has 0 aliphatic carbocycles. The molecule has 1 amide bonds. The fraction of sp³-hybridized carbons (Fsp3) is 0.600. The molecule has 136 valence electrons. The molecule has 2 saturated heterocycles.